The summed E-state index contributed by atoms with van der Waals surface area (Å²) in [7, 11) is 0. The topological polar surface area (TPSA) is 55.9 Å². The minimum atomic E-state index is -1.06. The van der Waals surface area contributed by atoms with E-state index < -0.39 is 6.09 Å². The van der Waals surface area contributed by atoms with Crippen molar-refractivity contribution in [2.24, 2.45) is 5.41 Å². The molecule has 1 amide bonds. The van der Waals surface area contributed by atoms with Crippen molar-refractivity contribution in [1.29, 1.82) is 0 Å². The Morgan fingerprint density at radius 3 is 2.27 bits per heavy atom. The first-order valence-corrected chi connectivity index (χ1v) is 5.49. The van der Waals surface area contributed by atoms with Gasteiger partial charge in [-0.15, -0.1) is 0 Å². The van der Waals surface area contributed by atoms with Crippen molar-refractivity contribution in [3.8, 4) is 0 Å². The van der Waals surface area contributed by atoms with Crippen molar-refractivity contribution in [1.82, 2.24) is 4.90 Å². The number of nitrogens with zero attached hydrogens (tertiary/aromatic N) is 1. The molecular formula is C11H18NO3-. The van der Waals surface area contributed by atoms with Crippen LogP contribution in [0.3, 0.4) is 0 Å². The molecule has 2 aliphatic heterocycles. The summed E-state index contributed by atoms with van der Waals surface area (Å²) in [5.74, 6) is 0. The van der Waals surface area contributed by atoms with Crippen LogP contribution in [0.15, 0.2) is 0 Å². The van der Waals surface area contributed by atoms with Gasteiger partial charge in [0.1, 0.15) is 6.09 Å². The van der Waals surface area contributed by atoms with E-state index in [0.717, 1.165) is 12.8 Å². The molecule has 0 bridgehead atoms. The standard InChI is InChI=1S/C11H19NO3/c1-10(2,3)8-11(15-8)4-6-12(7-5-11)9(13)14/h8H,4-7H2,1-3H3,(H,13,14)/p-1. The molecule has 1 spiro atoms. The molecule has 86 valence electrons. The first-order valence-electron chi connectivity index (χ1n) is 5.49. The van der Waals surface area contributed by atoms with E-state index in [4.69, 9.17) is 4.74 Å². The van der Waals surface area contributed by atoms with Crippen molar-refractivity contribution in [2.75, 3.05) is 13.1 Å². The van der Waals surface area contributed by atoms with Gasteiger partial charge in [-0.3, -0.25) is 0 Å². The van der Waals surface area contributed by atoms with E-state index >= 15 is 0 Å². The highest BCUT2D eigenvalue weighted by Gasteiger charge is 2.61. The molecule has 0 aliphatic carbocycles. The Balaban J connectivity index is 1.93. The lowest BCUT2D eigenvalue weighted by molar-refractivity contribution is -0.266. The molecule has 0 aromatic rings. The van der Waals surface area contributed by atoms with Crippen LogP contribution in [0, 0.1) is 5.41 Å². The number of ether oxygens (including phenoxy) is 1. The van der Waals surface area contributed by atoms with Crippen LogP contribution in [0.1, 0.15) is 33.6 Å². The van der Waals surface area contributed by atoms with Crippen molar-refractivity contribution >= 4 is 6.09 Å². The quantitative estimate of drug-likeness (QED) is 0.553. The first-order chi connectivity index (χ1) is 6.85. The number of likely N-dealkylation sites (tertiary alicyclic amines) is 1. The van der Waals surface area contributed by atoms with Crippen LogP contribution in [0.25, 0.3) is 0 Å². The molecule has 4 nitrogen and oxygen atoms in total. The van der Waals surface area contributed by atoms with E-state index in [-0.39, 0.29) is 17.1 Å². The molecule has 0 N–H and O–H groups in total. The Morgan fingerprint density at radius 2 is 1.93 bits per heavy atom. The number of carbonyl (C=O) groups excluding carboxylic acids is 1. The van der Waals surface area contributed by atoms with Gasteiger partial charge in [-0.1, -0.05) is 20.8 Å². The Morgan fingerprint density at radius 1 is 1.40 bits per heavy atom. The molecule has 4 heteroatoms. The number of hydrogen-bond acceptors (Lipinski definition) is 3. The van der Waals surface area contributed by atoms with Crippen molar-refractivity contribution in [2.45, 2.75) is 45.3 Å². The SMILES string of the molecule is CC(C)(C)C1OC12CCN(C(=O)[O-])CC2. The van der Waals surface area contributed by atoms with Crippen LogP contribution < -0.4 is 5.11 Å². The van der Waals surface area contributed by atoms with E-state index in [2.05, 4.69) is 20.8 Å². The second kappa shape index (κ2) is 3.11. The summed E-state index contributed by atoms with van der Waals surface area (Å²) in [5.41, 5.74) is 0.119. The first kappa shape index (κ1) is 10.7. The predicted molar refractivity (Wildman–Crippen MR) is 53.3 cm³/mol. The molecule has 2 aliphatic rings. The van der Waals surface area contributed by atoms with Crippen LogP contribution in [-0.2, 0) is 4.74 Å². The van der Waals surface area contributed by atoms with Crippen LogP contribution in [0.4, 0.5) is 4.79 Å². The van der Waals surface area contributed by atoms with Gasteiger partial charge in [0.25, 0.3) is 0 Å². The van der Waals surface area contributed by atoms with Crippen LogP contribution >= 0.6 is 0 Å². The lowest BCUT2D eigenvalue weighted by atomic mass is 9.80. The van der Waals surface area contributed by atoms with Gasteiger partial charge < -0.3 is 19.5 Å². The zero-order chi connectivity index (χ0) is 11.3. The molecule has 1 unspecified atom stereocenters. The fraction of sp³-hybridized carbons (Fsp3) is 0.909. The molecule has 2 saturated heterocycles. The average Bonchev–Trinajstić information content (AvgIpc) is 2.80. The maximum absolute atomic E-state index is 10.6. The Hall–Kier alpha value is -0.770. The van der Waals surface area contributed by atoms with Crippen LogP contribution in [-0.4, -0.2) is 35.8 Å². The highest BCUT2D eigenvalue weighted by molar-refractivity contribution is 5.62. The molecule has 2 rings (SSSR count). The van der Waals surface area contributed by atoms with Gasteiger partial charge in [-0.2, -0.15) is 0 Å². The second-order valence-corrected chi connectivity index (χ2v) is 5.68. The average molecular weight is 212 g/mol. The third-order valence-corrected chi connectivity index (χ3v) is 3.43. The lowest BCUT2D eigenvalue weighted by Crippen LogP contribution is -2.48. The Bertz CT molecular complexity index is 274. The van der Waals surface area contributed by atoms with Crippen molar-refractivity contribution in [3.05, 3.63) is 0 Å². The van der Waals surface area contributed by atoms with Crippen molar-refractivity contribution < 1.29 is 14.6 Å². The number of carboxylic acid groups (broad SMARTS) is 1. The van der Waals surface area contributed by atoms with Crippen LogP contribution in [0.2, 0.25) is 0 Å². The monoisotopic (exact) mass is 212 g/mol. The molecular weight excluding hydrogens is 194 g/mol. The van der Waals surface area contributed by atoms with Gasteiger partial charge in [0.15, 0.2) is 0 Å². The van der Waals surface area contributed by atoms with E-state index in [9.17, 15) is 9.90 Å². The zero-order valence-electron chi connectivity index (χ0n) is 9.58. The minimum absolute atomic E-state index is 0.0375. The summed E-state index contributed by atoms with van der Waals surface area (Å²) in [4.78, 5) is 12.0. The number of rotatable bonds is 0. The highest BCUT2D eigenvalue weighted by atomic mass is 16.6. The molecule has 0 radical (unpaired) electrons. The number of epoxide rings is 1. The summed E-state index contributed by atoms with van der Waals surface area (Å²) in [5, 5.41) is 10.6. The van der Waals surface area contributed by atoms with Gasteiger partial charge in [0.05, 0.1) is 11.7 Å². The molecule has 0 saturated carbocycles. The van der Waals surface area contributed by atoms with Gasteiger partial charge in [-0.05, 0) is 18.3 Å². The fourth-order valence-electron chi connectivity index (χ4n) is 2.61. The van der Waals surface area contributed by atoms with Gasteiger partial charge in [0.2, 0.25) is 0 Å². The normalized spacial score (nSPS) is 29.3. The molecule has 0 aromatic heterocycles. The van der Waals surface area contributed by atoms with E-state index in [1.165, 1.54) is 4.90 Å². The maximum atomic E-state index is 10.6. The zero-order valence-corrected chi connectivity index (χ0v) is 9.58. The number of hydrogen-bond donors (Lipinski definition) is 0. The molecule has 0 aromatic carbocycles. The summed E-state index contributed by atoms with van der Waals surface area (Å²) in [6.07, 6.45) is 0.845. The summed E-state index contributed by atoms with van der Waals surface area (Å²) in [6.45, 7) is 7.59. The minimum Gasteiger partial charge on any atom is -0.530 e. The maximum Gasteiger partial charge on any atom is 0.136 e. The lowest BCUT2D eigenvalue weighted by Gasteiger charge is -2.33. The van der Waals surface area contributed by atoms with Crippen LogP contribution in [0.5, 0.6) is 0 Å². The number of piperidine rings is 1. The predicted octanol–water partition coefficient (Wildman–Crippen LogP) is 0.609. The molecule has 2 heterocycles. The highest BCUT2D eigenvalue weighted by Crippen LogP contribution is 2.52. The summed E-state index contributed by atoms with van der Waals surface area (Å²) in [6, 6.07) is 0. The van der Waals surface area contributed by atoms with Gasteiger partial charge in [-0.25, -0.2) is 0 Å². The number of carbonyl (C=O) groups is 1. The third-order valence-electron chi connectivity index (χ3n) is 3.43. The fourth-order valence-corrected chi connectivity index (χ4v) is 2.61. The Kier molecular flexibility index (Phi) is 2.23. The van der Waals surface area contributed by atoms with Crippen molar-refractivity contribution in [3.63, 3.8) is 0 Å². The third kappa shape index (κ3) is 1.83. The van der Waals surface area contributed by atoms with Gasteiger partial charge in [0, 0.05) is 13.1 Å². The van der Waals surface area contributed by atoms with E-state index in [0.29, 0.717) is 13.1 Å². The molecule has 2 fully saturated rings. The molecule has 1 atom stereocenters. The summed E-state index contributed by atoms with van der Waals surface area (Å²) >= 11 is 0. The second-order valence-electron chi connectivity index (χ2n) is 5.68. The van der Waals surface area contributed by atoms with E-state index in [1.807, 2.05) is 0 Å². The smallest absolute Gasteiger partial charge is 0.136 e. The largest absolute Gasteiger partial charge is 0.530 e. The number of amides is 1. The molecule has 15 heavy (non-hydrogen) atoms. The van der Waals surface area contributed by atoms with Gasteiger partial charge >= 0.3 is 0 Å². The summed E-state index contributed by atoms with van der Waals surface area (Å²) < 4.78 is 5.80. The Labute approximate surface area is 90.2 Å². The van der Waals surface area contributed by atoms with E-state index in [1.54, 1.807) is 0 Å².